The topological polar surface area (TPSA) is 44.8 Å². The van der Waals surface area contributed by atoms with Gasteiger partial charge in [0.05, 0.1) is 20.3 Å². The first-order chi connectivity index (χ1) is 4.69. The van der Waals surface area contributed by atoms with Gasteiger partial charge in [-0.15, -0.1) is 0 Å². The van der Waals surface area contributed by atoms with E-state index in [-0.39, 0.29) is 0 Å². The largest absolute Gasteiger partial charge is 0.464 e. The van der Waals surface area contributed by atoms with Crippen LogP contribution in [0.3, 0.4) is 0 Å². The molecule has 1 saturated heterocycles. The molecule has 1 aliphatic rings. The summed E-state index contributed by atoms with van der Waals surface area (Å²) in [6.45, 7) is 0.885. The Morgan fingerprint density at radius 3 is 2.50 bits per heavy atom. The Morgan fingerprint density at radius 2 is 2.10 bits per heavy atom. The maximum Gasteiger partial charge on any atom is 0.377 e. The lowest BCUT2D eigenvalue weighted by molar-refractivity contribution is -0.172. The zero-order valence-corrected chi connectivity index (χ0v) is 7.58. The van der Waals surface area contributed by atoms with Crippen LogP contribution in [0.25, 0.3) is 0 Å². The highest BCUT2D eigenvalue weighted by molar-refractivity contribution is 14.1. The molecule has 5 heteroatoms. The number of hydrogen-bond donors (Lipinski definition) is 0. The normalized spacial score (nSPS) is 22.6. The maximum absolute atomic E-state index is 10.9. The van der Waals surface area contributed by atoms with E-state index in [9.17, 15) is 4.79 Å². The fourth-order valence-electron chi connectivity index (χ4n) is 0.627. The van der Waals surface area contributed by atoms with Crippen LogP contribution in [0, 0.1) is 0 Å². The third kappa shape index (κ3) is 1.40. The van der Waals surface area contributed by atoms with Crippen LogP contribution < -0.4 is 0 Å². The van der Waals surface area contributed by atoms with Crippen LogP contribution in [0.4, 0.5) is 0 Å². The van der Waals surface area contributed by atoms with Crippen LogP contribution in [0.15, 0.2) is 0 Å². The number of ether oxygens (including phenoxy) is 3. The summed E-state index contributed by atoms with van der Waals surface area (Å²) in [6.07, 6.45) is 0. The molecule has 58 valence electrons. The molecule has 0 atom stereocenters. The molecule has 0 aromatic carbocycles. The minimum absolute atomic E-state index is 0.442. The third-order valence-electron chi connectivity index (χ3n) is 1.09. The van der Waals surface area contributed by atoms with E-state index in [4.69, 9.17) is 9.47 Å². The van der Waals surface area contributed by atoms with Gasteiger partial charge >= 0.3 is 9.76 Å². The minimum Gasteiger partial charge on any atom is -0.464 e. The van der Waals surface area contributed by atoms with Crippen LogP contribution in [0.1, 0.15) is 0 Å². The van der Waals surface area contributed by atoms with Crippen LogP contribution in [-0.2, 0) is 19.0 Å². The third-order valence-corrected chi connectivity index (χ3v) is 2.15. The van der Waals surface area contributed by atoms with E-state index in [1.807, 2.05) is 0 Å². The molecule has 4 nitrogen and oxygen atoms in total. The lowest BCUT2D eigenvalue weighted by atomic mass is 10.6. The fraction of sp³-hybridized carbons (Fsp3) is 0.800. The molecular formula is C5H7IO4. The van der Waals surface area contributed by atoms with Gasteiger partial charge in [0.15, 0.2) is 0 Å². The molecule has 1 fully saturated rings. The predicted molar refractivity (Wildman–Crippen MR) is 40.7 cm³/mol. The van der Waals surface area contributed by atoms with Gasteiger partial charge in [0.1, 0.15) is 0 Å². The lowest BCUT2D eigenvalue weighted by Crippen LogP contribution is -2.33. The van der Waals surface area contributed by atoms with Crippen molar-refractivity contribution in [2.24, 2.45) is 0 Å². The minimum atomic E-state index is -1.19. The number of rotatable bonds is 1. The Kier molecular flexibility index (Phi) is 2.48. The second kappa shape index (κ2) is 3.02. The molecule has 10 heavy (non-hydrogen) atoms. The number of hydrogen-bond acceptors (Lipinski definition) is 4. The van der Waals surface area contributed by atoms with Crippen molar-refractivity contribution >= 4 is 28.6 Å². The zero-order chi connectivity index (χ0) is 7.61. The first kappa shape index (κ1) is 8.22. The number of methoxy groups -OCH3 is 1. The van der Waals surface area contributed by atoms with Gasteiger partial charge in [0, 0.05) is 22.6 Å². The van der Waals surface area contributed by atoms with Crippen molar-refractivity contribution in [3.05, 3.63) is 0 Å². The summed E-state index contributed by atoms with van der Waals surface area (Å²) in [5.41, 5.74) is 0. The average Bonchev–Trinajstić information content (AvgIpc) is 2.36. The van der Waals surface area contributed by atoms with Gasteiger partial charge in [0.25, 0.3) is 0 Å². The SMILES string of the molecule is COC(=O)C1(I)OCCO1. The van der Waals surface area contributed by atoms with E-state index in [0.717, 1.165) is 0 Å². The number of esters is 1. The molecule has 1 rings (SSSR count). The summed E-state index contributed by atoms with van der Waals surface area (Å²) < 4.78 is 13.2. The molecule has 0 unspecified atom stereocenters. The van der Waals surface area contributed by atoms with Gasteiger partial charge in [0.2, 0.25) is 0 Å². The van der Waals surface area contributed by atoms with Crippen molar-refractivity contribution in [1.82, 2.24) is 0 Å². The van der Waals surface area contributed by atoms with Gasteiger partial charge in [-0.05, 0) is 0 Å². The van der Waals surface area contributed by atoms with Crippen molar-refractivity contribution in [3.8, 4) is 0 Å². The molecule has 0 aliphatic carbocycles. The monoisotopic (exact) mass is 258 g/mol. The number of carbonyl (C=O) groups excluding carboxylic acids is 1. The Morgan fingerprint density at radius 1 is 1.60 bits per heavy atom. The molecule has 0 saturated carbocycles. The van der Waals surface area contributed by atoms with Crippen molar-refractivity contribution < 1.29 is 19.0 Å². The molecule has 0 aromatic rings. The molecule has 0 spiro atoms. The van der Waals surface area contributed by atoms with Gasteiger partial charge in [-0.1, -0.05) is 0 Å². The maximum atomic E-state index is 10.9. The summed E-state index contributed by atoms with van der Waals surface area (Å²) in [4.78, 5) is 10.9. The van der Waals surface area contributed by atoms with Gasteiger partial charge < -0.3 is 14.2 Å². The van der Waals surface area contributed by atoms with Crippen LogP contribution in [-0.4, -0.2) is 30.1 Å². The molecule has 0 N–H and O–H groups in total. The number of carbonyl (C=O) groups is 1. The van der Waals surface area contributed by atoms with Crippen molar-refractivity contribution in [2.75, 3.05) is 20.3 Å². The van der Waals surface area contributed by atoms with E-state index in [2.05, 4.69) is 4.74 Å². The van der Waals surface area contributed by atoms with Gasteiger partial charge in [-0.3, -0.25) is 0 Å². The Labute approximate surface area is 72.0 Å². The van der Waals surface area contributed by atoms with Crippen LogP contribution in [0.2, 0.25) is 0 Å². The quantitative estimate of drug-likeness (QED) is 0.385. The highest BCUT2D eigenvalue weighted by Crippen LogP contribution is 2.27. The molecule has 1 aliphatic heterocycles. The van der Waals surface area contributed by atoms with Gasteiger partial charge in [-0.25, -0.2) is 4.79 Å². The van der Waals surface area contributed by atoms with E-state index in [0.29, 0.717) is 13.2 Å². The molecular weight excluding hydrogens is 251 g/mol. The molecule has 0 amide bonds. The highest BCUT2D eigenvalue weighted by atomic mass is 127. The molecule has 0 radical (unpaired) electrons. The first-order valence-electron chi connectivity index (χ1n) is 2.74. The zero-order valence-electron chi connectivity index (χ0n) is 5.43. The lowest BCUT2D eigenvalue weighted by Gasteiger charge is -2.15. The Hall–Kier alpha value is 0.120. The second-order valence-electron chi connectivity index (χ2n) is 1.72. The molecule has 1 heterocycles. The summed E-state index contributed by atoms with van der Waals surface area (Å²) in [6, 6.07) is 0. The predicted octanol–water partition coefficient (Wildman–Crippen LogP) is 0.295. The van der Waals surface area contributed by atoms with Crippen molar-refractivity contribution in [2.45, 2.75) is 3.79 Å². The summed E-state index contributed by atoms with van der Waals surface area (Å²) in [7, 11) is 1.30. The summed E-state index contributed by atoms with van der Waals surface area (Å²) in [5.74, 6) is -0.495. The molecule has 0 aromatic heterocycles. The second-order valence-corrected chi connectivity index (χ2v) is 3.14. The van der Waals surface area contributed by atoms with E-state index in [1.54, 1.807) is 22.6 Å². The van der Waals surface area contributed by atoms with Crippen molar-refractivity contribution in [1.29, 1.82) is 0 Å². The Balaban J connectivity index is 2.58. The standard InChI is InChI=1S/C5H7IO4/c1-8-4(7)5(6)9-2-3-10-5/h2-3H2,1H3. The van der Waals surface area contributed by atoms with E-state index >= 15 is 0 Å². The fourth-order valence-corrected chi connectivity index (χ4v) is 1.29. The highest BCUT2D eigenvalue weighted by Gasteiger charge is 2.43. The Bertz CT molecular complexity index is 141. The van der Waals surface area contributed by atoms with Crippen LogP contribution >= 0.6 is 22.6 Å². The first-order valence-corrected chi connectivity index (χ1v) is 3.82. The average molecular weight is 258 g/mol. The smallest absolute Gasteiger partial charge is 0.377 e. The van der Waals surface area contributed by atoms with E-state index < -0.39 is 9.76 Å². The number of alkyl halides is 1. The van der Waals surface area contributed by atoms with Crippen molar-refractivity contribution in [3.63, 3.8) is 0 Å². The number of halogens is 1. The van der Waals surface area contributed by atoms with E-state index in [1.165, 1.54) is 7.11 Å². The summed E-state index contributed by atoms with van der Waals surface area (Å²) >= 11 is 1.77. The van der Waals surface area contributed by atoms with Gasteiger partial charge in [-0.2, -0.15) is 0 Å². The molecule has 0 bridgehead atoms. The van der Waals surface area contributed by atoms with Crippen LogP contribution in [0.5, 0.6) is 0 Å². The summed E-state index contributed by atoms with van der Waals surface area (Å²) in [5, 5.41) is 0.